The van der Waals surface area contributed by atoms with Crippen LogP contribution in [0.4, 0.5) is 23.2 Å². The van der Waals surface area contributed by atoms with E-state index in [0.29, 0.717) is 48.6 Å². The second-order valence-corrected chi connectivity index (χ2v) is 14.3. The van der Waals surface area contributed by atoms with Crippen molar-refractivity contribution in [3.8, 4) is 0 Å². The number of hydrogen-bond acceptors (Lipinski definition) is 4. The number of fused-ring (bicyclic) bond motifs is 2. The van der Waals surface area contributed by atoms with E-state index in [0.717, 1.165) is 0 Å². The number of halogens is 6. The summed E-state index contributed by atoms with van der Waals surface area (Å²) in [6.07, 6.45) is -3.20. The SMILES string of the molecule is CC(C)(C)C[C@H]1N[C@@H](C(=O)CC2CCN(CCC(F)(F)F)CC2)[C@H](c2cccc(Cl)c2F)[C@@]12C(=O)Nc1cc(Cl)ccc12. The highest BCUT2D eigenvalue weighted by atomic mass is 35.5. The molecule has 1 spiro atoms. The Morgan fingerprint density at radius 3 is 2.44 bits per heavy atom. The average Bonchev–Trinajstić information content (AvgIpc) is 3.38. The molecule has 0 aliphatic carbocycles. The minimum absolute atomic E-state index is 0.0255. The number of alkyl halides is 3. The molecular weight excluding hydrogens is 605 g/mol. The van der Waals surface area contributed by atoms with Crippen LogP contribution in [0.3, 0.4) is 0 Å². The summed E-state index contributed by atoms with van der Waals surface area (Å²) in [5.41, 5.74) is -0.195. The van der Waals surface area contributed by atoms with E-state index in [1.54, 1.807) is 35.2 Å². The van der Waals surface area contributed by atoms with Gasteiger partial charge in [-0.15, -0.1) is 0 Å². The van der Waals surface area contributed by atoms with Crippen LogP contribution in [0.25, 0.3) is 0 Å². The Bertz CT molecular complexity index is 1390. The van der Waals surface area contributed by atoms with E-state index in [4.69, 9.17) is 23.2 Å². The molecule has 3 aliphatic rings. The molecule has 4 atom stereocenters. The minimum Gasteiger partial charge on any atom is -0.325 e. The number of anilines is 1. The van der Waals surface area contributed by atoms with E-state index in [9.17, 15) is 22.8 Å². The number of carbonyl (C=O) groups is 2. The Hall–Kier alpha value is -2.20. The normalized spacial score (nSPS) is 26.6. The molecule has 11 heteroatoms. The Labute approximate surface area is 259 Å². The fourth-order valence-corrected chi connectivity index (χ4v) is 7.67. The van der Waals surface area contributed by atoms with Gasteiger partial charge in [0.2, 0.25) is 5.91 Å². The van der Waals surface area contributed by atoms with Gasteiger partial charge in [-0.3, -0.25) is 9.59 Å². The van der Waals surface area contributed by atoms with Crippen LogP contribution in [0.2, 0.25) is 10.0 Å². The fraction of sp³-hybridized carbons (Fsp3) is 0.562. The van der Waals surface area contributed by atoms with Crippen LogP contribution >= 0.6 is 23.2 Å². The standard InChI is InChI=1S/C32H37Cl2F4N3O2/c1-30(2,3)17-25-32(21-8-7-19(33)16-23(21)39-29(32)43)26(20-5-4-6-22(34)27(20)35)28(40-25)24(42)15-18-9-12-41(13-10-18)14-11-31(36,37)38/h4-8,16,18,25-26,28,40H,9-15,17H2,1-3H3,(H,39,43)/t25-,26+,28+,32+/m1/s1. The van der Waals surface area contributed by atoms with Crippen molar-refractivity contribution in [2.45, 2.75) is 82.5 Å². The predicted octanol–water partition coefficient (Wildman–Crippen LogP) is 7.51. The highest BCUT2D eigenvalue weighted by Crippen LogP contribution is 2.57. The first-order valence-electron chi connectivity index (χ1n) is 14.7. The largest absolute Gasteiger partial charge is 0.390 e. The van der Waals surface area contributed by atoms with Crippen LogP contribution < -0.4 is 10.6 Å². The van der Waals surface area contributed by atoms with E-state index < -0.39 is 41.8 Å². The minimum atomic E-state index is -4.21. The number of piperidine rings is 1. The number of benzene rings is 2. The zero-order valence-electron chi connectivity index (χ0n) is 24.5. The first-order valence-corrected chi connectivity index (χ1v) is 15.5. The maximum atomic E-state index is 15.9. The zero-order valence-corrected chi connectivity index (χ0v) is 26.0. The third-order valence-corrected chi connectivity index (χ3v) is 9.72. The third-order valence-electron chi connectivity index (χ3n) is 9.19. The van der Waals surface area contributed by atoms with Gasteiger partial charge in [-0.1, -0.05) is 62.2 Å². The van der Waals surface area contributed by atoms with Crippen LogP contribution in [-0.2, 0) is 15.0 Å². The lowest BCUT2D eigenvalue weighted by atomic mass is 9.62. The molecule has 2 fully saturated rings. The first-order chi connectivity index (χ1) is 20.1. The average molecular weight is 643 g/mol. The van der Waals surface area contributed by atoms with E-state index >= 15 is 4.39 Å². The molecule has 1 amide bonds. The Morgan fingerprint density at radius 1 is 1.09 bits per heavy atom. The molecule has 0 aromatic heterocycles. The number of carbonyl (C=O) groups excluding carboxylic acids is 2. The van der Waals surface area contributed by atoms with Crippen molar-refractivity contribution < 1.29 is 27.2 Å². The van der Waals surface area contributed by atoms with Crippen molar-refractivity contribution >= 4 is 40.6 Å². The molecule has 2 N–H and O–H groups in total. The molecule has 5 rings (SSSR count). The Kier molecular flexibility index (Phi) is 8.95. The van der Waals surface area contributed by atoms with Gasteiger partial charge in [-0.25, -0.2) is 4.39 Å². The topological polar surface area (TPSA) is 61.4 Å². The highest BCUT2D eigenvalue weighted by molar-refractivity contribution is 6.31. The molecule has 2 saturated heterocycles. The summed E-state index contributed by atoms with van der Waals surface area (Å²) in [6.45, 7) is 7.05. The lowest BCUT2D eigenvalue weighted by molar-refractivity contribution is -0.138. The number of nitrogens with zero attached hydrogens (tertiary/aromatic N) is 1. The summed E-state index contributed by atoms with van der Waals surface area (Å²) < 4.78 is 54.0. The monoisotopic (exact) mass is 641 g/mol. The zero-order chi connectivity index (χ0) is 31.3. The molecule has 43 heavy (non-hydrogen) atoms. The van der Waals surface area contributed by atoms with Crippen molar-refractivity contribution in [1.29, 1.82) is 0 Å². The van der Waals surface area contributed by atoms with E-state index in [2.05, 4.69) is 31.4 Å². The summed E-state index contributed by atoms with van der Waals surface area (Å²) in [5.74, 6) is -2.08. The summed E-state index contributed by atoms with van der Waals surface area (Å²) in [5, 5.41) is 6.82. The summed E-state index contributed by atoms with van der Waals surface area (Å²) in [4.78, 5) is 30.2. The summed E-state index contributed by atoms with van der Waals surface area (Å²) in [6, 6.07) is 8.40. The van der Waals surface area contributed by atoms with Gasteiger partial charge in [0.15, 0.2) is 5.78 Å². The molecule has 0 saturated carbocycles. The van der Waals surface area contributed by atoms with Crippen molar-refractivity contribution in [3.05, 3.63) is 63.4 Å². The second-order valence-electron chi connectivity index (χ2n) is 13.4. The molecule has 0 radical (unpaired) electrons. The van der Waals surface area contributed by atoms with Gasteiger partial charge < -0.3 is 15.5 Å². The maximum absolute atomic E-state index is 15.9. The van der Waals surface area contributed by atoms with Gasteiger partial charge in [-0.05, 0) is 73.0 Å². The third kappa shape index (κ3) is 6.46. The van der Waals surface area contributed by atoms with E-state index in [1.807, 2.05) is 0 Å². The van der Waals surface area contributed by atoms with Gasteiger partial charge in [-0.2, -0.15) is 13.2 Å². The van der Waals surface area contributed by atoms with Crippen molar-refractivity contribution in [1.82, 2.24) is 10.2 Å². The number of Topliss-reactive ketones (excluding diaryl/α,β-unsaturated/α-hetero) is 1. The number of ketones is 1. The summed E-state index contributed by atoms with van der Waals surface area (Å²) in [7, 11) is 0. The van der Waals surface area contributed by atoms with Crippen molar-refractivity contribution in [3.63, 3.8) is 0 Å². The Balaban J connectivity index is 1.51. The number of hydrogen-bond donors (Lipinski definition) is 2. The highest BCUT2D eigenvalue weighted by Gasteiger charge is 2.66. The van der Waals surface area contributed by atoms with Crippen molar-refractivity contribution in [2.75, 3.05) is 25.0 Å². The second kappa shape index (κ2) is 12.0. The van der Waals surface area contributed by atoms with Gasteiger partial charge in [0.05, 0.1) is 17.5 Å². The van der Waals surface area contributed by atoms with E-state index in [-0.39, 0.29) is 46.6 Å². The molecule has 2 aromatic rings. The van der Waals surface area contributed by atoms with Crippen LogP contribution in [0, 0.1) is 17.2 Å². The molecule has 0 unspecified atom stereocenters. The molecule has 5 nitrogen and oxygen atoms in total. The maximum Gasteiger partial charge on any atom is 0.390 e. The van der Waals surface area contributed by atoms with Crippen molar-refractivity contribution in [2.24, 2.45) is 11.3 Å². The van der Waals surface area contributed by atoms with Crippen LogP contribution in [0.5, 0.6) is 0 Å². The number of likely N-dealkylation sites (tertiary alicyclic amines) is 1. The Morgan fingerprint density at radius 2 is 1.79 bits per heavy atom. The van der Waals surface area contributed by atoms with Crippen LogP contribution in [0.1, 0.15) is 69.9 Å². The molecule has 3 aliphatic heterocycles. The molecular formula is C32H37Cl2F4N3O2. The molecule has 0 bridgehead atoms. The van der Waals surface area contributed by atoms with Gasteiger partial charge >= 0.3 is 6.18 Å². The smallest absolute Gasteiger partial charge is 0.325 e. The lowest BCUT2D eigenvalue weighted by Gasteiger charge is -2.38. The lowest BCUT2D eigenvalue weighted by Crippen LogP contribution is -2.49. The van der Waals surface area contributed by atoms with E-state index in [1.165, 1.54) is 6.07 Å². The number of nitrogens with one attached hydrogen (secondary N) is 2. The summed E-state index contributed by atoms with van der Waals surface area (Å²) >= 11 is 12.6. The quantitative estimate of drug-likeness (QED) is 0.307. The number of amides is 1. The number of rotatable bonds is 7. The molecule has 3 heterocycles. The molecule has 2 aromatic carbocycles. The van der Waals surface area contributed by atoms with Gasteiger partial charge in [0, 0.05) is 35.6 Å². The van der Waals surface area contributed by atoms with Crippen LogP contribution in [0.15, 0.2) is 36.4 Å². The van der Waals surface area contributed by atoms with Gasteiger partial charge in [0.25, 0.3) is 0 Å². The predicted molar refractivity (Wildman–Crippen MR) is 160 cm³/mol. The van der Waals surface area contributed by atoms with Gasteiger partial charge in [0.1, 0.15) is 11.2 Å². The van der Waals surface area contributed by atoms with Crippen LogP contribution in [-0.4, -0.2) is 54.5 Å². The molecule has 234 valence electrons. The fourth-order valence-electron chi connectivity index (χ4n) is 7.31. The first kappa shape index (κ1) is 32.2.